The van der Waals surface area contributed by atoms with E-state index in [2.05, 4.69) is 4.72 Å². The van der Waals surface area contributed by atoms with Crippen LogP contribution in [-0.2, 0) is 21.2 Å². The molecular weight excluding hydrogens is 290 g/mol. The number of nitrogens with one attached hydrogen (secondary N) is 1. The molecule has 1 aromatic carbocycles. The van der Waals surface area contributed by atoms with Gasteiger partial charge in [0.15, 0.2) is 0 Å². The van der Waals surface area contributed by atoms with Gasteiger partial charge in [-0.2, -0.15) is 0 Å². The van der Waals surface area contributed by atoms with Crippen LogP contribution in [0.4, 0.5) is 0 Å². The molecule has 1 fully saturated rings. The molecule has 0 aromatic heterocycles. The van der Waals surface area contributed by atoms with E-state index in [1.165, 1.54) is 0 Å². The number of hydrogen-bond acceptors (Lipinski definition) is 4. The van der Waals surface area contributed by atoms with Gasteiger partial charge in [0.1, 0.15) is 0 Å². The molecule has 2 rings (SSSR count). The van der Waals surface area contributed by atoms with E-state index >= 15 is 0 Å². The highest BCUT2D eigenvalue weighted by molar-refractivity contribution is 7.89. The van der Waals surface area contributed by atoms with Crippen molar-refractivity contribution in [3.05, 3.63) is 35.9 Å². The zero-order valence-corrected chi connectivity index (χ0v) is 12.9. The second-order valence-corrected chi connectivity index (χ2v) is 7.26. The average Bonchev–Trinajstić information content (AvgIpc) is 2.48. The van der Waals surface area contributed by atoms with Gasteiger partial charge in [0.2, 0.25) is 10.0 Å². The number of aliphatic hydroxyl groups is 1. The first-order chi connectivity index (χ1) is 10.1. The smallest absolute Gasteiger partial charge is 0.214 e. The minimum atomic E-state index is -3.45. The molecule has 0 amide bonds. The van der Waals surface area contributed by atoms with Crippen LogP contribution in [-0.4, -0.2) is 44.6 Å². The van der Waals surface area contributed by atoms with Gasteiger partial charge in [-0.1, -0.05) is 30.3 Å². The van der Waals surface area contributed by atoms with Crippen molar-refractivity contribution in [1.29, 1.82) is 0 Å². The van der Waals surface area contributed by atoms with Gasteiger partial charge in [0.25, 0.3) is 0 Å². The van der Waals surface area contributed by atoms with Gasteiger partial charge in [-0.05, 0) is 31.2 Å². The Balaban J connectivity index is 1.90. The van der Waals surface area contributed by atoms with E-state index in [0.29, 0.717) is 13.0 Å². The van der Waals surface area contributed by atoms with Crippen molar-refractivity contribution in [3.63, 3.8) is 0 Å². The summed E-state index contributed by atoms with van der Waals surface area (Å²) in [5.74, 6) is -0.0295. The van der Waals surface area contributed by atoms with Gasteiger partial charge in [0.05, 0.1) is 18.5 Å². The minimum Gasteiger partial charge on any atom is -0.395 e. The Morgan fingerprint density at radius 1 is 1.29 bits per heavy atom. The number of aliphatic hydroxyl groups excluding tert-OH is 1. The van der Waals surface area contributed by atoms with Crippen molar-refractivity contribution in [1.82, 2.24) is 4.72 Å². The van der Waals surface area contributed by atoms with Gasteiger partial charge in [-0.25, -0.2) is 13.1 Å². The Hall–Kier alpha value is -0.950. The maximum atomic E-state index is 12.2. The first kappa shape index (κ1) is 16.4. The van der Waals surface area contributed by atoms with E-state index in [4.69, 9.17) is 4.74 Å². The fourth-order valence-electron chi connectivity index (χ4n) is 2.53. The summed E-state index contributed by atoms with van der Waals surface area (Å²) in [7, 11) is -3.45. The second kappa shape index (κ2) is 7.89. The lowest BCUT2D eigenvalue weighted by molar-refractivity contribution is 0.0303. The fraction of sp³-hybridized carbons (Fsp3) is 0.600. The predicted molar refractivity (Wildman–Crippen MR) is 81.5 cm³/mol. The molecule has 0 aliphatic carbocycles. The number of hydrogen-bond donors (Lipinski definition) is 2. The molecule has 6 heteroatoms. The van der Waals surface area contributed by atoms with E-state index in [-0.39, 0.29) is 18.5 Å². The van der Waals surface area contributed by atoms with Gasteiger partial charge in [-0.15, -0.1) is 0 Å². The topological polar surface area (TPSA) is 75.6 Å². The largest absolute Gasteiger partial charge is 0.395 e. The maximum absolute atomic E-state index is 12.2. The zero-order valence-electron chi connectivity index (χ0n) is 12.1. The summed E-state index contributed by atoms with van der Waals surface area (Å²) in [6, 6.07) is 9.04. The van der Waals surface area contributed by atoms with Gasteiger partial charge in [0, 0.05) is 12.6 Å². The Kier molecular flexibility index (Phi) is 6.17. The van der Waals surface area contributed by atoms with Crippen molar-refractivity contribution >= 4 is 10.0 Å². The van der Waals surface area contributed by atoms with Crippen LogP contribution in [0.5, 0.6) is 0 Å². The van der Waals surface area contributed by atoms with Crippen molar-refractivity contribution < 1.29 is 18.3 Å². The lowest BCUT2D eigenvalue weighted by Crippen LogP contribution is -2.43. The summed E-state index contributed by atoms with van der Waals surface area (Å²) in [4.78, 5) is 0. The fourth-order valence-corrected chi connectivity index (χ4v) is 4.04. The van der Waals surface area contributed by atoms with Crippen molar-refractivity contribution in [2.24, 2.45) is 0 Å². The summed E-state index contributed by atoms with van der Waals surface area (Å²) in [6.45, 7) is 0.410. The summed E-state index contributed by atoms with van der Waals surface area (Å²) in [5, 5.41) is 9.40. The standard InChI is InChI=1S/C15H23NO4S/c17-11-14(10-13-6-2-1-3-7-13)16-21(18,19)12-15-8-4-5-9-20-15/h1-3,6-7,14-17H,4-5,8-12H2/t14-,15?/m1/s1. The molecule has 1 aliphatic rings. The molecule has 1 saturated heterocycles. The number of benzene rings is 1. The molecule has 1 aromatic rings. The third-order valence-corrected chi connectivity index (χ3v) is 5.07. The van der Waals surface area contributed by atoms with E-state index in [1.54, 1.807) is 0 Å². The molecule has 2 atom stereocenters. The van der Waals surface area contributed by atoms with Gasteiger partial charge >= 0.3 is 0 Å². The Morgan fingerprint density at radius 2 is 2.05 bits per heavy atom. The molecule has 1 aliphatic heterocycles. The molecule has 0 bridgehead atoms. The highest BCUT2D eigenvalue weighted by atomic mass is 32.2. The van der Waals surface area contributed by atoms with Crippen LogP contribution in [0.3, 0.4) is 0 Å². The Bertz CT molecular complexity index is 512. The predicted octanol–water partition coefficient (Wildman–Crippen LogP) is 1.08. The highest BCUT2D eigenvalue weighted by Crippen LogP contribution is 2.14. The van der Waals surface area contributed by atoms with Crippen molar-refractivity contribution in [3.8, 4) is 0 Å². The monoisotopic (exact) mass is 313 g/mol. The van der Waals surface area contributed by atoms with E-state index < -0.39 is 16.1 Å². The van der Waals surface area contributed by atoms with Crippen LogP contribution in [0.25, 0.3) is 0 Å². The van der Waals surface area contributed by atoms with E-state index in [9.17, 15) is 13.5 Å². The summed E-state index contributed by atoms with van der Waals surface area (Å²) >= 11 is 0. The van der Waals surface area contributed by atoms with Crippen LogP contribution >= 0.6 is 0 Å². The first-order valence-electron chi connectivity index (χ1n) is 7.35. The Morgan fingerprint density at radius 3 is 2.67 bits per heavy atom. The van der Waals surface area contributed by atoms with Crippen molar-refractivity contribution in [2.75, 3.05) is 19.0 Å². The highest BCUT2D eigenvalue weighted by Gasteiger charge is 2.24. The summed E-state index contributed by atoms with van der Waals surface area (Å²) < 4.78 is 32.4. The Labute approximate surface area is 126 Å². The van der Waals surface area contributed by atoms with Crippen molar-refractivity contribution in [2.45, 2.75) is 37.8 Å². The maximum Gasteiger partial charge on any atom is 0.214 e. The van der Waals surface area contributed by atoms with Crippen LogP contribution in [0.2, 0.25) is 0 Å². The number of ether oxygens (including phenoxy) is 1. The summed E-state index contributed by atoms with van der Waals surface area (Å²) in [6.07, 6.45) is 3.03. The van der Waals surface area contributed by atoms with E-state index in [1.807, 2.05) is 30.3 Å². The van der Waals surface area contributed by atoms with Gasteiger partial charge < -0.3 is 9.84 Å². The van der Waals surface area contributed by atoms with E-state index in [0.717, 1.165) is 24.8 Å². The molecule has 0 spiro atoms. The molecule has 1 unspecified atom stereocenters. The third-order valence-electron chi connectivity index (χ3n) is 3.57. The third kappa shape index (κ3) is 5.74. The number of sulfonamides is 1. The van der Waals surface area contributed by atoms with Crippen LogP contribution in [0, 0.1) is 0 Å². The molecular formula is C15H23NO4S. The van der Waals surface area contributed by atoms with Crippen LogP contribution < -0.4 is 4.72 Å². The average molecular weight is 313 g/mol. The SMILES string of the molecule is O=S(=O)(CC1CCCCO1)N[C@@H](CO)Cc1ccccc1. The lowest BCUT2D eigenvalue weighted by atomic mass is 10.1. The second-order valence-electron chi connectivity index (χ2n) is 5.46. The van der Waals surface area contributed by atoms with Crippen LogP contribution in [0.15, 0.2) is 30.3 Å². The molecule has 0 saturated carbocycles. The molecule has 5 nitrogen and oxygen atoms in total. The molecule has 2 N–H and O–H groups in total. The molecule has 1 heterocycles. The van der Waals surface area contributed by atoms with Crippen LogP contribution in [0.1, 0.15) is 24.8 Å². The normalized spacial score (nSPS) is 21.1. The first-order valence-corrected chi connectivity index (χ1v) is 9.00. The zero-order chi connectivity index (χ0) is 15.1. The molecule has 0 radical (unpaired) electrons. The van der Waals surface area contributed by atoms with Gasteiger partial charge in [-0.3, -0.25) is 0 Å². The number of rotatable bonds is 7. The lowest BCUT2D eigenvalue weighted by Gasteiger charge is -2.24. The molecule has 118 valence electrons. The molecule has 21 heavy (non-hydrogen) atoms. The quantitative estimate of drug-likeness (QED) is 0.790. The summed E-state index contributed by atoms with van der Waals surface area (Å²) in [5.41, 5.74) is 0.994. The minimum absolute atomic E-state index is 0.0295.